The molecule has 1 saturated heterocycles. The first-order valence-electron chi connectivity index (χ1n) is 7.27. The molecule has 1 aliphatic rings. The summed E-state index contributed by atoms with van der Waals surface area (Å²) in [6.45, 7) is 8.24. The molecule has 1 heterocycles. The molecule has 1 aromatic rings. The first kappa shape index (κ1) is 15.2. The highest BCUT2D eigenvalue weighted by molar-refractivity contribution is 7.80. The lowest BCUT2D eigenvalue weighted by Crippen LogP contribution is -3.14. The molecule has 0 unspecified atom stereocenters. The van der Waals surface area contributed by atoms with Crippen molar-refractivity contribution in [2.24, 2.45) is 0 Å². The van der Waals surface area contributed by atoms with Gasteiger partial charge in [0.2, 0.25) is 0 Å². The van der Waals surface area contributed by atoms with Crippen LogP contribution in [0.25, 0.3) is 0 Å². The van der Waals surface area contributed by atoms with Gasteiger partial charge in [-0.3, -0.25) is 0 Å². The number of morpholine rings is 1. The van der Waals surface area contributed by atoms with Gasteiger partial charge in [-0.1, -0.05) is 12.1 Å². The Morgan fingerprint density at radius 1 is 1.35 bits per heavy atom. The molecule has 1 fully saturated rings. The van der Waals surface area contributed by atoms with Crippen molar-refractivity contribution in [3.63, 3.8) is 0 Å². The van der Waals surface area contributed by atoms with Gasteiger partial charge in [-0.25, -0.2) is 0 Å². The molecule has 0 bridgehead atoms. The van der Waals surface area contributed by atoms with Gasteiger partial charge < -0.3 is 20.3 Å². The van der Waals surface area contributed by atoms with Crippen molar-refractivity contribution in [3.05, 3.63) is 29.8 Å². The summed E-state index contributed by atoms with van der Waals surface area (Å²) in [7, 11) is 0. The van der Waals surface area contributed by atoms with Crippen molar-refractivity contribution in [1.29, 1.82) is 0 Å². The monoisotopic (exact) mass is 294 g/mol. The van der Waals surface area contributed by atoms with Gasteiger partial charge in [0.25, 0.3) is 0 Å². The molecule has 0 aromatic heterocycles. The molecule has 0 amide bonds. The normalized spacial score (nSPS) is 15.8. The average Bonchev–Trinajstić information content (AvgIpc) is 2.45. The van der Waals surface area contributed by atoms with E-state index >= 15 is 0 Å². The molecule has 0 saturated carbocycles. The van der Waals surface area contributed by atoms with Gasteiger partial charge in [0, 0.05) is 18.7 Å². The summed E-state index contributed by atoms with van der Waals surface area (Å²) in [5, 5.41) is 7.18. The predicted octanol–water partition coefficient (Wildman–Crippen LogP) is 0.587. The molecule has 0 atom stereocenters. The molecule has 0 spiro atoms. The second kappa shape index (κ2) is 8.19. The molecule has 1 aliphatic heterocycles. The first-order chi connectivity index (χ1) is 9.74. The molecule has 3 N–H and O–H groups in total. The third kappa shape index (κ3) is 5.45. The molecule has 110 valence electrons. The van der Waals surface area contributed by atoms with Gasteiger partial charge in [0.15, 0.2) is 5.11 Å². The summed E-state index contributed by atoms with van der Waals surface area (Å²) >= 11 is 5.30. The average molecular weight is 294 g/mol. The second-order valence-electron chi connectivity index (χ2n) is 5.22. The van der Waals surface area contributed by atoms with Crippen LogP contribution >= 0.6 is 12.2 Å². The molecule has 1 aromatic carbocycles. The smallest absolute Gasteiger partial charge is 0.170 e. The minimum Gasteiger partial charge on any atom is -0.370 e. The van der Waals surface area contributed by atoms with Crippen LogP contribution in [0.3, 0.4) is 0 Å². The van der Waals surface area contributed by atoms with Crippen LogP contribution in [0.2, 0.25) is 0 Å². The minimum absolute atomic E-state index is 0.701. The Labute approximate surface area is 126 Å². The number of thiocarbonyl (C=S) groups is 1. The number of ether oxygens (including phenoxy) is 1. The van der Waals surface area contributed by atoms with Gasteiger partial charge in [-0.05, 0) is 36.8 Å². The van der Waals surface area contributed by atoms with Crippen LogP contribution in [0.1, 0.15) is 12.0 Å². The quantitative estimate of drug-likeness (QED) is 0.549. The molecule has 20 heavy (non-hydrogen) atoms. The predicted molar refractivity (Wildman–Crippen MR) is 86.4 cm³/mol. The Morgan fingerprint density at radius 2 is 2.15 bits per heavy atom. The van der Waals surface area contributed by atoms with E-state index in [9.17, 15) is 0 Å². The van der Waals surface area contributed by atoms with E-state index < -0.39 is 0 Å². The summed E-state index contributed by atoms with van der Waals surface area (Å²) in [5.74, 6) is 0. The maximum atomic E-state index is 5.35. The van der Waals surface area contributed by atoms with E-state index in [0.717, 1.165) is 45.0 Å². The van der Waals surface area contributed by atoms with E-state index in [-0.39, 0.29) is 0 Å². The number of nitrogens with one attached hydrogen (secondary N) is 3. The highest BCUT2D eigenvalue weighted by atomic mass is 32.1. The molecular weight excluding hydrogens is 270 g/mol. The molecule has 0 aliphatic carbocycles. The van der Waals surface area contributed by atoms with Crippen molar-refractivity contribution in [3.8, 4) is 0 Å². The highest BCUT2D eigenvalue weighted by Gasteiger charge is 2.12. The maximum Gasteiger partial charge on any atom is 0.170 e. The molecule has 5 heteroatoms. The van der Waals surface area contributed by atoms with Crippen LogP contribution in [0.15, 0.2) is 24.3 Å². The van der Waals surface area contributed by atoms with E-state index in [0.29, 0.717) is 5.11 Å². The van der Waals surface area contributed by atoms with Crippen LogP contribution in [-0.4, -0.2) is 44.5 Å². The van der Waals surface area contributed by atoms with Gasteiger partial charge in [-0.2, -0.15) is 0 Å². The zero-order chi connectivity index (χ0) is 14.2. The Hall–Kier alpha value is -1.17. The van der Waals surface area contributed by atoms with E-state index in [1.165, 1.54) is 12.1 Å². The zero-order valence-electron chi connectivity index (χ0n) is 12.1. The van der Waals surface area contributed by atoms with Crippen LogP contribution < -0.4 is 15.5 Å². The summed E-state index contributed by atoms with van der Waals surface area (Å²) < 4.78 is 5.35. The van der Waals surface area contributed by atoms with Crippen LogP contribution in [0, 0.1) is 6.92 Å². The van der Waals surface area contributed by atoms with Crippen LogP contribution in [0.5, 0.6) is 0 Å². The minimum atomic E-state index is 0.701. The van der Waals surface area contributed by atoms with E-state index in [2.05, 4.69) is 29.7 Å². The summed E-state index contributed by atoms with van der Waals surface area (Å²) in [4.78, 5) is 1.63. The summed E-state index contributed by atoms with van der Waals surface area (Å²) in [6, 6.07) is 8.22. The fourth-order valence-electron chi connectivity index (χ4n) is 2.35. The van der Waals surface area contributed by atoms with Gasteiger partial charge in [-0.15, -0.1) is 0 Å². The third-order valence-corrected chi connectivity index (χ3v) is 3.71. The maximum absolute atomic E-state index is 5.35. The number of hydrogen-bond donors (Lipinski definition) is 3. The van der Waals surface area contributed by atoms with Crippen molar-refractivity contribution in [1.82, 2.24) is 5.32 Å². The number of anilines is 1. The number of hydrogen-bond acceptors (Lipinski definition) is 2. The number of rotatable bonds is 5. The van der Waals surface area contributed by atoms with Crippen molar-refractivity contribution < 1.29 is 9.64 Å². The summed E-state index contributed by atoms with van der Waals surface area (Å²) in [5.41, 5.74) is 2.27. The standard InChI is InChI=1S/C15H23N3OS/c1-13-4-2-5-14(12-13)17-15(20)16-6-3-7-18-8-10-19-11-9-18/h2,4-5,12H,3,6-11H2,1H3,(H2,16,17,20)/p+1. The SMILES string of the molecule is Cc1cccc(NC(=S)NCCC[NH+]2CCOCC2)c1. The highest BCUT2D eigenvalue weighted by Crippen LogP contribution is 2.08. The Kier molecular flexibility index (Phi) is 6.24. The van der Waals surface area contributed by atoms with E-state index in [1.807, 2.05) is 12.1 Å². The van der Waals surface area contributed by atoms with Crippen molar-refractivity contribution in [2.45, 2.75) is 13.3 Å². The number of aryl methyl sites for hydroxylation is 1. The number of quaternary nitrogens is 1. The Bertz CT molecular complexity index is 433. The van der Waals surface area contributed by atoms with Crippen LogP contribution in [0.4, 0.5) is 5.69 Å². The van der Waals surface area contributed by atoms with Gasteiger partial charge in [0.1, 0.15) is 13.1 Å². The molecule has 0 radical (unpaired) electrons. The van der Waals surface area contributed by atoms with Crippen molar-refractivity contribution in [2.75, 3.05) is 44.7 Å². The fraction of sp³-hybridized carbons (Fsp3) is 0.533. The molecular formula is C15H24N3OS+. The second-order valence-corrected chi connectivity index (χ2v) is 5.62. The first-order valence-corrected chi connectivity index (χ1v) is 7.68. The zero-order valence-corrected chi connectivity index (χ0v) is 12.9. The number of benzene rings is 1. The van der Waals surface area contributed by atoms with E-state index in [1.54, 1.807) is 4.90 Å². The van der Waals surface area contributed by atoms with Crippen LogP contribution in [-0.2, 0) is 4.74 Å². The lowest BCUT2D eigenvalue weighted by Gasteiger charge is -2.23. The Morgan fingerprint density at radius 3 is 2.90 bits per heavy atom. The molecule has 4 nitrogen and oxygen atoms in total. The summed E-state index contributed by atoms with van der Waals surface area (Å²) in [6.07, 6.45) is 1.13. The topological polar surface area (TPSA) is 37.7 Å². The lowest BCUT2D eigenvalue weighted by molar-refractivity contribution is -0.908. The van der Waals surface area contributed by atoms with Crippen molar-refractivity contribution >= 4 is 23.0 Å². The Balaban J connectivity index is 1.60. The van der Waals surface area contributed by atoms with E-state index in [4.69, 9.17) is 17.0 Å². The van der Waals surface area contributed by atoms with Gasteiger partial charge >= 0.3 is 0 Å². The lowest BCUT2D eigenvalue weighted by atomic mass is 10.2. The van der Waals surface area contributed by atoms with Gasteiger partial charge in [0.05, 0.1) is 19.8 Å². The largest absolute Gasteiger partial charge is 0.370 e. The third-order valence-electron chi connectivity index (χ3n) is 3.47. The molecule has 2 rings (SSSR count). The fourth-order valence-corrected chi connectivity index (χ4v) is 2.57.